The van der Waals surface area contributed by atoms with E-state index < -0.39 is 18.0 Å². The van der Waals surface area contributed by atoms with E-state index >= 15 is 0 Å². The van der Waals surface area contributed by atoms with Crippen LogP contribution in [0.4, 0.5) is 23.2 Å². The number of nitriles is 1. The normalized spacial score (nSPS) is 19.3. The first kappa shape index (κ1) is 25.6. The van der Waals surface area contributed by atoms with Crippen LogP contribution in [0, 0.1) is 22.6 Å². The molecule has 0 aliphatic carbocycles. The third-order valence-corrected chi connectivity index (χ3v) is 5.78. The fraction of sp³-hybridized carbons (Fsp3) is 0.348. The molecule has 4 rings (SSSR count). The predicted molar refractivity (Wildman–Crippen MR) is 113 cm³/mol. The van der Waals surface area contributed by atoms with Crippen molar-refractivity contribution in [3.63, 3.8) is 0 Å². The fourth-order valence-corrected chi connectivity index (χ4v) is 4.05. The molecule has 2 fully saturated rings. The molecule has 3 heterocycles. The van der Waals surface area contributed by atoms with Crippen LogP contribution in [0.15, 0.2) is 42.6 Å². The first-order valence-corrected chi connectivity index (χ1v) is 10.4. The molecule has 0 bridgehead atoms. The average molecular weight is 492 g/mol. The molecule has 2 aliphatic heterocycles. The number of hydrogen-bond donors (Lipinski definition) is 1. The fourth-order valence-electron chi connectivity index (χ4n) is 4.05. The van der Waals surface area contributed by atoms with Gasteiger partial charge in [0.2, 0.25) is 11.8 Å². The van der Waals surface area contributed by atoms with Gasteiger partial charge in [-0.3, -0.25) is 14.6 Å². The lowest BCUT2D eigenvalue weighted by atomic mass is 9.86. The molecule has 35 heavy (non-hydrogen) atoms. The molecule has 1 unspecified atom stereocenters. The minimum atomic E-state index is -5.08. The van der Waals surface area contributed by atoms with Gasteiger partial charge in [0.05, 0.1) is 24.3 Å². The van der Waals surface area contributed by atoms with Crippen LogP contribution in [0.25, 0.3) is 0 Å². The highest BCUT2D eigenvalue weighted by atomic mass is 19.4. The van der Waals surface area contributed by atoms with E-state index in [9.17, 15) is 27.2 Å². The highest BCUT2D eigenvalue weighted by Gasteiger charge is 2.48. The van der Waals surface area contributed by atoms with Gasteiger partial charge in [0, 0.05) is 42.9 Å². The number of carbonyl (C=O) groups excluding carboxylic acids is 2. The van der Waals surface area contributed by atoms with E-state index in [1.54, 1.807) is 34.1 Å². The van der Waals surface area contributed by atoms with E-state index in [0.717, 1.165) is 18.3 Å². The molecule has 12 heteroatoms. The lowest BCUT2D eigenvalue weighted by molar-refractivity contribution is -0.192. The first-order chi connectivity index (χ1) is 16.4. The number of carboxylic acid groups (broad SMARTS) is 1. The number of halogens is 4. The minimum absolute atomic E-state index is 0.0409. The van der Waals surface area contributed by atoms with Crippen molar-refractivity contribution < 1.29 is 37.1 Å². The Bertz CT molecular complexity index is 1150. The van der Waals surface area contributed by atoms with Gasteiger partial charge in [-0.05, 0) is 42.8 Å². The van der Waals surface area contributed by atoms with Crippen molar-refractivity contribution in [3.8, 4) is 6.07 Å². The van der Waals surface area contributed by atoms with Gasteiger partial charge < -0.3 is 14.9 Å². The quantitative estimate of drug-likeness (QED) is 0.659. The van der Waals surface area contributed by atoms with Gasteiger partial charge in [0.25, 0.3) is 0 Å². The van der Waals surface area contributed by atoms with Crippen LogP contribution in [0.2, 0.25) is 0 Å². The summed E-state index contributed by atoms with van der Waals surface area (Å²) in [5, 5.41) is 16.0. The number of nitrogens with zero attached hydrogens (tertiary/aromatic N) is 4. The largest absolute Gasteiger partial charge is 0.490 e. The van der Waals surface area contributed by atoms with Crippen molar-refractivity contribution in [2.24, 2.45) is 5.41 Å². The SMILES string of the molecule is N#Cc1ccc(N2CC3(CCN(C(=O)Cc4ccc(F)cn4)C3)CC2=O)cc1.O=C(O)C(F)(F)F. The molecule has 1 aromatic heterocycles. The molecular formula is C23H20F4N4O4. The Morgan fingerprint density at radius 2 is 1.80 bits per heavy atom. The summed E-state index contributed by atoms with van der Waals surface area (Å²) < 4.78 is 44.7. The van der Waals surface area contributed by atoms with Crippen molar-refractivity contribution >= 4 is 23.5 Å². The number of benzene rings is 1. The molecular weight excluding hydrogens is 472 g/mol. The maximum Gasteiger partial charge on any atom is 0.490 e. The van der Waals surface area contributed by atoms with Crippen molar-refractivity contribution in [1.82, 2.24) is 9.88 Å². The highest BCUT2D eigenvalue weighted by molar-refractivity contribution is 5.96. The standard InChI is InChI=1S/C21H19FN4O2.C2HF3O2/c22-16-3-4-17(24-12-16)9-19(27)25-8-7-21(13-25)10-20(28)26(14-21)18-5-1-15(11-23)2-6-18;3-2(4,5)1(6)7/h1-6,12H,7-10,13-14H2;(H,6,7). The molecule has 184 valence electrons. The zero-order chi connectivity index (χ0) is 25.8. The number of aromatic nitrogens is 1. The van der Waals surface area contributed by atoms with Crippen molar-refractivity contribution in [1.29, 1.82) is 5.26 Å². The highest BCUT2D eigenvalue weighted by Crippen LogP contribution is 2.42. The Hall–Kier alpha value is -4.01. The maximum atomic E-state index is 13.0. The molecule has 1 spiro atoms. The Morgan fingerprint density at radius 1 is 1.14 bits per heavy atom. The van der Waals surface area contributed by atoms with E-state index in [4.69, 9.17) is 15.2 Å². The molecule has 2 saturated heterocycles. The minimum Gasteiger partial charge on any atom is -0.475 e. The van der Waals surface area contributed by atoms with Crippen LogP contribution < -0.4 is 4.90 Å². The van der Waals surface area contributed by atoms with Crippen LogP contribution in [-0.4, -0.2) is 58.6 Å². The molecule has 0 saturated carbocycles. The summed E-state index contributed by atoms with van der Waals surface area (Å²) in [5.74, 6) is -3.20. The number of aliphatic carboxylic acids is 1. The van der Waals surface area contributed by atoms with Crippen LogP contribution in [0.5, 0.6) is 0 Å². The Kier molecular flexibility index (Phi) is 7.38. The topological polar surface area (TPSA) is 115 Å². The van der Waals surface area contributed by atoms with Crippen molar-refractivity contribution in [2.45, 2.75) is 25.4 Å². The molecule has 2 aromatic rings. The van der Waals surface area contributed by atoms with Gasteiger partial charge >= 0.3 is 12.1 Å². The van der Waals surface area contributed by atoms with Gasteiger partial charge in [0.15, 0.2) is 0 Å². The third-order valence-electron chi connectivity index (χ3n) is 5.78. The number of alkyl halides is 3. The van der Waals surface area contributed by atoms with E-state index in [1.165, 1.54) is 12.1 Å². The molecule has 8 nitrogen and oxygen atoms in total. The molecule has 1 N–H and O–H groups in total. The van der Waals surface area contributed by atoms with E-state index in [2.05, 4.69) is 11.1 Å². The number of hydrogen-bond acceptors (Lipinski definition) is 5. The second-order valence-electron chi connectivity index (χ2n) is 8.33. The Morgan fingerprint density at radius 3 is 2.34 bits per heavy atom. The molecule has 2 amide bonds. The van der Waals surface area contributed by atoms with Gasteiger partial charge in [0.1, 0.15) is 5.82 Å². The molecule has 1 atom stereocenters. The molecule has 2 aliphatic rings. The van der Waals surface area contributed by atoms with E-state index in [1.807, 2.05) is 0 Å². The van der Waals surface area contributed by atoms with Crippen LogP contribution in [0.3, 0.4) is 0 Å². The maximum absolute atomic E-state index is 13.0. The summed E-state index contributed by atoms with van der Waals surface area (Å²) in [6.45, 7) is 1.70. The van der Waals surface area contributed by atoms with E-state index in [0.29, 0.717) is 37.3 Å². The number of carboxylic acids is 1. The van der Waals surface area contributed by atoms with Gasteiger partial charge in [-0.15, -0.1) is 0 Å². The Balaban J connectivity index is 0.000000429. The van der Waals surface area contributed by atoms with Crippen LogP contribution in [0.1, 0.15) is 24.1 Å². The summed E-state index contributed by atoms with van der Waals surface area (Å²) in [6, 6.07) is 11.9. The lowest BCUT2D eigenvalue weighted by Gasteiger charge is -2.24. The van der Waals surface area contributed by atoms with Crippen LogP contribution >= 0.6 is 0 Å². The second kappa shape index (κ2) is 10.1. The first-order valence-electron chi connectivity index (χ1n) is 10.4. The van der Waals surface area contributed by atoms with Crippen molar-refractivity contribution in [2.75, 3.05) is 24.5 Å². The third kappa shape index (κ3) is 6.32. The number of pyridine rings is 1. The van der Waals surface area contributed by atoms with E-state index in [-0.39, 0.29) is 23.7 Å². The van der Waals surface area contributed by atoms with Gasteiger partial charge in [-0.2, -0.15) is 18.4 Å². The lowest BCUT2D eigenvalue weighted by Crippen LogP contribution is -2.35. The summed E-state index contributed by atoms with van der Waals surface area (Å²) in [5.41, 5.74) is 1.63. The van der Waals surface area contributed by atoms with Crippen LogP contribution in [-0.2, 0) is 20.8 Å². The number of rotatable bonds is 3. The number of likely N-dealkylation sites (tertiary alicyclic amines) is 1. The zero-order valence-electron chi connectivity index (χ0n) is 18.3. The summed E-state index contributed by atoms with van der Waals surface area (Å²) in [4.78, 5) is 41.6. The average Bonchev–Trinajstić information content (AvgIpc) is 3.37. The zero-order valence-corrected chi connectivity index (χ0v) is 18.3. The van der Waals surface area contributed by atoms with Crippen molar-refractivity contribution in [3.05, 3.63) is 59.7 Å². The molecule has 0 radical (unpaired) electrons. The van der Waals surface area contributed by atoms with Gasteiger partial charge in [-0.25, -0.2) is 9.18 Å². The second-order valence-corrected chi connectivity index (χ2v) is 8.33. The smallest absolute Gasteiger partial charge is 0.475 e. The monoisotopic (exact) mass is 492 g/mol. The summed E-state index contributed by atoms with van der Waals surface area (Å²) in [6.07, 6.45) is -2.66. The number of amides is 2. The summed E-state index contributed by atoms with van der Waals surface area (Å²) >= 11 is 0. The van der Waals surface area contributed by atoms with Gasteiger partial charge in [-0.1, -0.05) is 0 Å². The predicted octanol–water partition coefficient (Wildman–Crippen LogP) is 2.92. The number of carbonyl (C=O) groups is 3. The summed E-state index contributed by atoms with van der Waals surface area (Å²) in [7, 11) is 0. The Labute approximate surface area is 197 Å². The number of anilines is 1. The molecule has 1 aromatic carbocycles.